The highest BCUT2D eigenvalue weighted by atomic mass is 35.5. The standard InChI is InChI=1S/C7H12NOPS.ClH/c1-10(2,9)7(8)6-4-3-5-11-6;/h3-5,7H,8H2,1-2H3;1H/t7-;/m0./s1. The Labute approximate surface area is 82.9 Å². The van der Waals surface area contributed by atoms with E-state index >= 15 is 0 Å². The molecule has 1 aromatic rings. The number of hydrogen-bond donors (Lipinski definition) is 1. The molecule has 0 radical (unpaired) electrons. The predicted octanol–water partition coefficient (Wildman–Crippen LogP) is 2.75. The topological polar surface area (TPSA) is 43.1 Å². The van der Waals surface area contributed by atoms with Crippen LogP contribution in [-0.4, -0.2) is 13.3 Å². The Morgan fingerprint density at radius 2 is 2.17 bits per heavy atom. The van der Waals surface area contributed by atoms with Gasteiger partial charge in [-0.1, -0.05) is 6.07 Å². The van der Waals surface area contributed by atoms with E-state index in [1.165, 1.54) is 0 Å². The Morgan fingerprint density at radius 3 is 2.50 bits per heavy atom. The van der Waals surface area contributed by atoms with Crippen molar-refractivity contribution in [1.82, 2.24) is 0 Å². The number of hydrogen-bond acceptors (Lipinski definition) is 3. The van der Waals surface area contributed by atoms with Gasteiger partial charge in [-0.25, -0.2) is 0 Å². The van der Waals surface area contributed by atoms with E-state index in [0.717, 1.165) is 4.88 Å². The monoisotopic (exact) mass is 225 g/mol. The largest absolute Gasteiger partial charge is 0.322 e. The minimum absolute atomic E-state index is 0. The maximum Gasteiger partial charge on any atom is 0.103 e. The second-order valence-corrected chi connectivity index (χ2v) is 7.30. The summed E-state index contributed by atoms with van der Waals surface area (Å²) >= 11 is 1.56. The van der Waals surface area contributed by atoms with Crippen LogP contribution in [0, 0.1) is 0 Å². The highest BCUT2D eigenvalue weighted by molar-refractivity contribution is 7.62. The van der Waals surface area contributed by atoms with Crippen molar-refractivity contribution in [2.24, 2.45) is 5.73 Å². The van der Waals surface area contributed by atoms with Gasteiger partial charge in [0.25, 0.3) is 0 Å². The van der Waals surface area contributed by atoms with Gasteiger partial charge in [-0.05, 0) is 24.8 Å². The molecule has 0 aliphatic rings. The molecule has 0 saturated carbocycles. The fourth-order valence-electron chi connectivity index (χ4n) is 0.766. The number of rotatable bonds is 2. The van der Waals surface area contributed by atoms with Gasteiger partial charge in [0.1, 0.15) is 7.14 Å². The van der Waals surface area contributed by atoms with Gasteiger partial charge in [-0.3, -0.25) is 0 Å². The zero-order valence-corrected chi connectivity index (χ0v) is 9.59. The summed E-state index contributed by atoms with van der Waals surface area (Å²) in [5.74, 6) is -0.275. The van der Waals surface area contributed by atoms with Crippen molar-refractivity contribution in [3.05, 3.63) is 22.4 Å². The summed E-state index contributed by atoms with van der Waals surface area (Å²) in [7, 11) is -2.16. The highest BCUT2D eigenvalue weighted by Gasteiger charge is 2.20. The molecule has 2 nitrogen and oxygen atoms in total. The zero-order chi connectivity index (χ0) is 8.48. The van der Waals surface area contributed by atoms with Gasteiger partial charge in [-0.15, -0.1) is 23.7 Å². The summed E-state index contributed by atoms with van der Waals surface area (Å²) < 4.78 is 11.5. The fraction of sp³-hybridized carbons (Fsp3) is 0.429. The molecule has 12 heavy (non-hydrogen) atoms. The molecule has 0 aromatic carbocycles. The lowest BCUT2D eigenvalue weighted by Gasteiger charge is -2.13. The van der Waals surface area contributed by atoms with E-state index < -0.39 is 7.14 Å². The average molecular weight is 226 g/mol. The van der Waals surface area contributed by atoms with Crippen molar-refractivity contribution < 1.29 is 4.57 Å². The molecule has 0 amide bonds. The van der Waals surface area contributed by atoms with Crippen LogP contribution in [0.5, 0.6) is 0 Å². The maximum atomic E-state index is 11.5. The van der Waals surface area contributed by atoms with Gasteiger partial charge in [0.2, 0.25) is 0 Å². The second kappa shape index (κ2) is 4.43. The summed E-state index contributed by atoms with van der Waals surface area (Å²) in [6.45, 7) is 3.44. The minimum atomic E-state index is -2.16. The van der Waals surface area contributed by atoms with Crippen LogP contribution in [0.15, 0.2) is 17.5 Å². The molecule has 5 heteroatoms. The summed E-state index contributed by atoms with van der Waals surface area (Å²) in [5, 5.41) is 1.95. The normalized spacial score (nSPS) is 13.6. The molecular weight excluding hydrogens is 213 g/mol. The fourth-order valence-corrected chi connectivity index (χ4v) is 3.02. The first-order valence-corrected chi connectivity index (χ1v) is 6.90. The molecule has 1 atom stereocenters. The lowest BCUT2D eigenvalue weighted by atomic mass is 10.5. The van der Waals surface area contributed by atoms with Gasteiger partial charge in [-0.2, -0.15) is 0 Å². The minimum Gasteiger partial charge on any atom is -0.322 e. The Kier molecular flexibility index (Phi) is 4.49. The van der Waals surface area contributed by atoms with Crippen molar-refractivity contribution in [3.8, 4) is 0 Å². The summed E-state index contributed by atoms with van der Waals surface area (Å²) in [5.41, 5.74) is 5.76. The second-order valence-electron chi connectivity index (χ2n) is 2.89. The SMILES string of the molecule is CP(C)(=O)[C@H](N)c1cccs1.Cl. The highest BCUT2D eigenvalue weighted by Crippen LogP contribution is 2.50. The molecule has 0 fully saturated rings. The predicted molar refractivity (Wildman–Crippen MR) is 57.9 cm³/mol. The smallest absolute Gasteiger partial charge is 0.103 e. The lowest BCUT2D eigenvalue weighted by Crippen LogP contribution is -2.07. The van der Waals surface area contributed by atoms with E-state index in [1.54, 1.807) is 24.7 Å². The number of thiophene rings is 1. The van der Waals surface area contributed by atoms with Crippen LogP contribution in [0.4, 0.5) is 0 Å². The Balaban J connectivity index is 0.00000121. The molecule has 0 aliphatic carbocycles. The molecule has 2 N–H and O–H groups in total. The van der Waals surface area contributed by atoms with E-state index in [1.807, 2.05) is 17.5 Å². The van der Waals surface area contributed by atoms with E-state index in [-0.39, 0.29) is 18.2 Å². The third kappa shape index (κ3) is 2.91. The van der Waals surface area contributed by atoms with Crippen molar-refractivity contribution in [2.75, 3.05) is 13.3 Å². The molecule has 1 aromatic heterocycles. The van der Waals surface area contributed by atoms with Crippen LogP contribution in [-0.2, 0) is 4.57 Å². The number of nitrogens with two attached hydrogens (primary N) is 1. The first-order chi connectivity index (χ1) is 5.02. The van der Waals surface area contributed by atoms with Gasteiger partial charge in [0.15, 0.2) is 0 Å². The van der Waals surface area contributed by atoms with Crippen LogP contribution in [0.2, 0.25) is 0 Å². The summed E-state index contributed by atoms with van der Waals surface area (Å²) in [6.07, 6.45) is 0. The van der Waals surface area contributed by atoms with Crippen molar-refractivity contribution >= 4 is 30.9 Å². The third-order valence-corrected chi connectivity index (χ3v) is 4.25. The van der Waals surface area contributed by atoms with E-state index in [0.29, 0.717) is 0 Å². The van der Waals surface area contributed by atoms with Crippen molar-refractivity contribution in [1.29, 1.82) is 0 Å². The van der Waals surface area contributed by atoms with Gasteiger partial charge in [0, 0.05) is 4.88 Å². The quantitative estimate of drug-likeness (QED) is 0.787. The van der Waals surface area contributed by atoms with Crippen molar-refractivity contribution in [3.63, 3.8) is 0 Å². The maximum absolute atomic E-state index is 11.5. The van der Waals surface area contributed by atoms with Crippen LogP contribution in [0.1, 0.15) is 10.7 Å². The average Bonchev–Trinajstić information content (AvgIpc) is 2.34. The summed E-state index contributed by atoms with van der Waals surface area (Å²) in [4.78, 5) is 1.01. The lowest BCUT2D eigenvalue weighted by molar-refractivity contribution is 0.575. The van der Waals surface area contributed by atoms with Crippen LogP contribution < -0.4 is 5.73 Å². The third-order valence-electron chi connectivity index (χ3n) is 1.50. The van der Waals surface area contributed by atoms with Gasteiger partial charge in [0.05, 0.1) is 5.78 Å². The molecule has 0 spiro atoms. The molecule has 1 rings (SSSR count). The molecule has 1 heterocycles. The van der Waals surface area contributed by atoms with Crippen LogP contribution in [0.3, 0.4) is 0 Å². The van der Waals surface area contributed by atoms with Gasteiger partial charge < -0.3 is 10.3 Å². The Morgan fingerprint density at radius 1 is 1.58 bits per heavy atom. The molecule has 70 valence electrons. The van der Waals surface area contributed by atoms with Crippen molar-refractivity contribution in [2.45, 2.75) is 5.78 Å². The first-order valence-electron chi connectivity index (χ1n) is 3.35. The molecular formula is C7H13ClNOPS. The van der Waals surface area contributed by atoms with E-state index in [2.05, 4.69) is 0 Å². The molecule has 0 aliphatic heterocycles. The van der Waals surface area contributed by atoms with E-state index in [9.17, 15) is 4.57 Å². The Bertz CT molecular complexity index is 269. The zero-order valence-electron chi connectivity index (χ0n) is 7.06. The summed E-state index contributed by atoms with van der Waals surface area (Å²) in [6, 6.07) is 3.85. The van der Waals surface area contributed by atoms with Crippen LogP contribution in [0.25, 0.3) is 0 Å². The molecule has 0 saturated heterocycles. The number of halogens is 1. The van der Waals surface area contributed by atoms with Gasteiger partial charge >= 0.3 is 0 Å². The van der Waals surface area contributed by atoms with Crippen LogP contribution >= 0.6 is 30.9 Å². The first kappa shape index (κ1) is 12.2. The van der Waals surface area contributed by atoms with E-state index in [4.69, 9.17) is 5.73 Å². The molecule has 0 unspecified atom stereocenters. The molecule has 0 bridgehead atoms. The Hall–Kier alpha value is 0.180.